The first-order valence-corrected chi connectivity index (χ1v) is 5.32. The van der Waals surface area contributed by atoms with Crippen LogP contribution in [-0.4, -0.2) is 0 Å². The second kappa shape index (κ2) is 2.84. The molecule has 0 aromatic heterocycles. The molecule has 3 atom stereocenters. The minimum Gasteiger partial charge on any atom is -0.0799 e. The lowest BCUT2D eigenvalue weighted by atomic mass is 9.85. The third-order valence-electron chi connectivity index (χ3n) is 3.60. The van der Waals surface area contributed by atoms with Crippen LogP contribution in [0, 0.1) is 5.92 Å². The van der Waals surface area contributed by atoms with Gasteiger partial charge in [0.25, 0.3) is 0 Å². The van der Waals surface area contributed by atoms with Gasteiger partial charge in [0.2, 0.25) is 0 Å². The summed E-state index contributed by atoms with van der Waals surface area (Å²) in [5, 5.41) is 0. The van der Waals surface area contributed by atoms with E-state index in [1.54, 1.807) is 5.56 Å². The minimum atomic E-state index is 0.631. The summed E-state index contributed by atoms with van der Waals surface area (Å²) in [6, 6.07) is 8.86. The second-order valence-corrected chi connectivity index (χ2v) is 4.29. The van der Waals surface area contributed by atoms with E-state index in [1.807, 2.05) is 0 Å². The van der Waals surface area contributed by atoms with Crippen LogP contribution in [0.2, 0.25) is 0 Å². The van der Waals surface area contributed by atoms with Crippen molar-refractivity contribution in [2.45, 2.75) is 18.8 Å². The van der Waals surface area contributed by atoms with Crippen LogP contribution in [0.4, 0.5) is 0 Å². The van der Waals surface area contributed by atoms with Crippen molar-refractivity contribution >= 4 is 0 Å². The molecule has 0 heterocycles. The Morgan fingerprint density at radius 1 is 0.929 bits per heavy atom. The highest BCUT2D eigenvalue weighted by molar-refractivity contribution is 5.45. The van der Waals surface area contributed by atoms with Crippen LogP contribution in [0.1, 0.15) is 29.9 Å². The molecule has 3 rings (SSSR count). The monoisotopic (exact) mass is 182 g/mol. The number of rotatable bonds is 0. The molecule has 0 N–H and O–H groups in total. The van der Waals surface area contributed by atoms with Crippen LogP contribution in [0.3, 0.4) is 0 Å². The number of allylic oxidation sites excluding steroid dienone is 4. The van der Waals surface area contributed by atoms with E-state index < -0.39 is 0 Å². The predicted molar refractivity (Wildman–Crippen MR) is 59.4 cm³/mol. The van der Waals surface area contributed by atoms with Gasteiger partial charge in [0.15, 0.2) is 0 Å². The average molecular weight is 182 g/mol. The summed E-state index contributed by atoms with van der Waals surface area (Å²) in [5.41, 5.74) is 3.07. The van der Waals surface area contributed by atoms with Crippen molar-refractivity contribution in [2.24, 2.45) is 5.92 Å². The molecule has 0 radical (unpaired) electrons. The highest BCUT2D eigenvalue weighted by Gasteiger charge is 2.35. The van der Waals surface area contributed by atoms with Gasteiger partial charge in [-0.3, -0.25) is 0 Å². The Hall–Kier alpha value is -1.30. The maximum Gasteiger partial charge on any atom is 0.00926 e. The van der Waals surface area contributed by atoms with Crippen molar-refractivity contribution in [2.75, 3.05) is 0 Å². The Morgan fingerprint density at radius 2 is 1.64 bits per heavy atom. The Labute approximate surface area is 85.0 Å². The van der Waals surface area contributed by atoms with Crippen LogP contribution >= 0.6 is 0 Å². The lowest BCUT2D eigenvalue weighted by molar-refractivity contribution is 0.543. The van der Waals surface area contributed by atoms with E-state index >= 15 is 0 Å². The molecule has 1 aromatic carbocycles. The zero-order valence-electron chi connectivity index (χ0n) is 8.35. The minimum absolute atomic E-state index is 0.631. The van der Waals surface area contributed by atoms with Crippen LogP contribution in [0.25, 0.3) is 0 Å². The molecule has 0 spiro atoms. The smallest absolute Gasteiger partial charge is 0.00926 e. The molecule has 70 valence electrons. The van der Waals surface area contributed by atoms with E-state index in [4.69, 9.17) is 0 Å². The maximum atomic E-state index is 2.36. The molecule has 2 aliphatic rings. The van der Waals surface area contributed by atoms with Gasteiger partial charge in [-0.25, -0.2) is 0 Å². The molecule has 0 aliphatic heterocycles. The van der Waals surface area contributed by atoms with E-state index in [9.17, 15) is 0 Å². The van der Waals surface area contributed by atoms with Crippen molar-refractivity contribution in [1.29, 1.82) is 0 Å². The topological polar surface area (TPSA) is 0 Å². The maximum absolute atomic E-state index is 2.36. The molecule has 2 aliphatic carbocycles. The first kappa shape index (κ1) is 8.05. The predicted octanol–water partition coefficient (Wildman–Crippen LogP) is 3.63. The largest absolute Gasteiger partial charge is 0.0799 e. The lowest BCUT2D eigenvalue weighted by Crippen LogP contribution is -2.07. The van der Waals surface area contributed by atoms with Crippen molar-refractivity contribution in [1.82, 2.24) is 0 Å². The fraction of sp³-hybridized carbons (Fsp3) is 0.286. The third kappa shape index (κ3) is 0.942. The van der Waals surface area contributed by atoms with Crippen LogP contribution in [-0.2, 0) is 0 Å². The number of hydrogen-bond acceptors (Lipinski definition) is 0. The zero-order valence-corrected chi connectivity index (χ0v) is 8.35. The van der Waals surface area contributed by atoms with Crippen LogP contribution in [0.15, 0.2) is 48.6 Å². The lowest BCUT2D eigenvalue weighted by Gasteiger charge is -2.19. The van der Waals surface area contributed by atoms with Gasteiger partial charge in [0.05, 0.1) is 0 Å². The van der Waals surface area contributed by atoms with E-state index in [2.05, 4.69) is 55.5 Å². The molecule has 0 saturated carbocycles. The molecule has 1 aromatic rings. The molecule has 0 saturated heterocycles. The first-order chi connectivity index (χ1) is 6.88. The van der Waals surface area contributed by atoms with Gasteiger partial charge in [0.1, 0.15) is 0 Å². The summed E-state index contributed by atoms with van der Waals surface area (Å²) in [4.78, 5) is 0. The normalized spacial score (nSPS) is 32.8. The second-order valence-electron chi connectivity index (χ2n) is 4.29. The number of benzene rings is 1. The Kier molecular flexibility index (Phi) is 1.63. The molecular weight excluding hydrogens is 168 g/mol. The summed E-state index contributed by atoms with van der Waals surface area (Å²) in [7, 11) is 0. The fourth-order valence-electron chi connectivity index (χ4n) is 2.85. The molecule has 0 amide bonds. The summed E-state index contributed by atoms with van der Waals surface area (Å²) >= 11 is 0. The van der Waals surface area contributed by atoms with Crippen LogP contribution < -0.4 is 0 Å². The van der Waals surface area contributed by atoms with Gasteiger partial charge in [-0.05, 0) is 23.0 Å². The van der Waals surface area contributed by atoms with Gasteiger partial charge in [0, 0.05) is 5.92 Å². The summed E-state index contributed by atoms with van der Waals surface area (Å²) in [6.45, 7) is 2.34. The van der Waals surface area contributed by atoms with E-state index in [-0.39, 0.29) is 0 Å². The fourth-order valence-corrected chi connectivity index (χ4v) is 2.85. The van der Waals surface area contributed by atoms with Gasteiger partial charge >= 0.3 is 0 Å². The Bertz CT molecular complexity index is 412. The van der Waals surface area contributed by atoms with Gasteiger partial charge in [-0.1, -0.05) is 55.5 Å². The standard InChI is InChI=1S/C14H14/c1-10-11-6-2-4-8-13(11)14-9-5-3-7-12(10)14/h2-11,13H,1H3. The zero-order chi connectivity index (χ0) is 9.54. The highest BCUT2D eigenvalue weighted by Crippen LogP contribution is 2.48. The van der Waals surface area contributed by atoms with Crippen molar-refractivity contribution < 1.29 is 0 Å². The van der Waals surface area contributed by atoms with Gasteiger partial charge in [-0.15, -0.1) is 0 Å². The first-order valence-electron chi connectivity index (χ1n) is 5.32. The molecule has 0 fully saturated rings. The van der Waals surface area contributed by atoms with E-state index in [0.29, 0.717) is 17.8 Å². The molecule has 3 unspecified atom stereocenters. The summed E-state index contributed by atoms with van der Waals surface area (Å²) in [6.07, 6.45) is 9.06. The number of hydrogen-bond donors (Lipinski definition) is 0. The third-order valence-corrected chi connectivity index (χ3v) is 3.60. The SMILES string of the molecule is CC1c2ccccc2C2C=CC=CC12. The van der Waals surface area contributed by atoms with Crippen molar-refractivity contribution in [3.63, 3.8) is 0 Å². The molecule has 0 nitrogen and oxygen atoms in total. The van der Waals surface area contributed by atoms with Gasteiger partial charge < -0.3 is 0 Å². The quantitative estimate of drug-likeness (QED) is 0.574. The average Bonchev–Trinajstić information content (AvgIpc) is 2.55. The summed E-state index contributed by atoms with van der Waals surface area (Å²) in [5.74, 6) is 2.00. The molecule has 0 bridgehead atoms. The highest BCUT2D eigenvalue weighted by atomic mass is 14.4. The van der Waals surface area contributed by atoms with Crippen molar-refractivity contribution in [3.05, 3.63) is 59.7 Å². The number of fused-ring (bicyclic) bond motifs is 3. The Balaban J connectivity index is 2.17. The summed E-state index contributed by atoms with van der Waals surface area (Å²) < 4.78 is 0. The van der Waals surface area contributed by atoms with Gasteiger partial charge in [-0.2, -0.15) is 0 Å². The van der Waals surface area contributed by atoms with Crippen molar-refractivity contribution in [3.8, 4) is 0 Å². The molecule has 14 heavy (non-hydrogen) atoms. The van der Waals surface area contributed by atoms with Crippen LogP contribution in [0.5, 0.6) is 0 Å². The molecular formula is C14H14. The molecule has 0 heteroatoms. The van der Waals surface area contributed by atoms with E-state index in [0.717, 1.165) is 0 Å². The Morgan fingerprint density at radius 3 is 2.50 bits per heavy atom. The van der Waals surface area contributed by atoms with E-state index in [1.165, 1.54) is 5.56 Å².